The van der Waals surface area contributed by atoms with E-state index in [1.807, 2.05) is 11.8 Å². The second-order valence-corrected chi connectivity index (χ2v) is 8.48. The van der Waals surface area contributed by atoms with Crippen LogP contribution in [0.1, 0.15) is 30.9 Å². The maximum absolute atomic E-state index is 14.3. The molecule has 22 heavy (non-hydrogen) atoms. The van der Waals surface area contributed by atoms with Gasteiger partial charge in [-0.2, -0.15) is 12.6 Å². The Morgan fingerprint density at radius 3 is 2.73 bits per heavy atom. The van der Waals surface area contributed by atoms with E-state index in [1.165, 1.54) is 31.0 Å². The van der Waals surface area contributed by atoms with Crippen molar-refractivity contribution >= 4 is 24.4 Å². The first-order chi connectivity index (χ1) is 10.6. The molecule has 3 aliphatic rings. The van der Waals surface area contributed by atoms with Gasteiger partial charge in [0.2, 0.25) is 0 Å². The van der Waals surface area contributed by atoms with Crippen molar-refractivity contribution in [3.05, 3.63) is 35.4 Å². The molecule has 2 nitrogen and oxygen atoms in total. The standard InChI is InChI=1S/C16H20F2N2S2/c17-9-4-2-5-10(18)14(9)15-13-8-3-1-6-11(8)22-16(13)20-12(21)7-19-15/h2,4-5,8,11-13,15-16,19-21H,1,3,6-7H2. The van der Waals surface area contributed by atoms with E-state index in [1.54, 1.807) is 0 Å². The lowest BCUT2D eigenvalue weighted by molar-refractivity contribution is 0.264. The number of rotatable bonds is 1. The van der Waals surface area contributed by atoms with Crippen LogP contribution in [0, 0.1) is 23.5 Å². The van der Waals surface area contributed by atoms with Crippen molar-refractivity contribution in [2.45, 2.75) is 41.3 Å². The van der Waals surface area contributed by atoms with Gasteiger partial charge in [-0.15, -0.1) is 11.8 Å². The van der Waals surface area contributed by atoms with Gasteiger partial charge in [0.15, 0.2) is 0 Å². The van der Waals surface area contributed by atoms with E-state index in [9.17, 15) is 8.78 Å². The molecule has 0 amide bonds. The zero-order valence-corrected chi connectivity index (χ0v) is 13.8. The highest BCUT2D eigenvalue weighted by Crippen LogP contribution is 2.55. The summed E-state index contributed by atoms with van der Waals surface area (Å²) in [6.45, 7) is 0.604. The summed E-state index contributed by atoms with van der Waals surface area (Å²) in [5, 5.41) is 7.75. The lowest BCUT2D eigenvalue weighted by Crippen LogP contribution is -2.37. The minimum absolute atomic E-state index is 0.0126. The van der Waals surface area contributed by atoms with Crippen LogP contribution in [-0.2, 0) is 0 Å². The lowest BCUT2D eigenvalue weighted by Gasteiger charge is -2.30. The van der Waals surface area contributed by atoms with Crippen LogP contribution in [0.2, 0.25) is 0 Å². The molecule has 6 unspecified atom stereocenters. The summed E-state index contributed by atoms with van der Waals surface area (Å²) in [4.78, 5) is 0. The van der Waals surface area contributed by atoms with Gasteiger partial charge >= 0.3 is 0 Å². The first kappa shape index (κ1) is 15.2. The summed E-state index contributed by atoms with van der Waals surface area (Å²) < 4.78 is 28.7. The van der Waals surface area contributed by atoms with E-state index in [4.69, 9.17) is 0 Å². The van der Waals surface area contributed by atoms with Crippen LogP contribution >= 0.6 is 24.4 Å². The van der Waals surface area contributed by atoms with Crippen molar-refractivity contribution in [2.75, 3.05) is 6.54 Å². The van der Waals surface area contributed by atoms with E-state index in [-0.39, 0.29) is 28.3 Å². The van der Waals surface area contributed by atoms with Crippen molar-refractivity contribution in [1.29, 1.82) is 0 Å². The molecule has 0 bridgehead atoms. The number of fused-ring (bicyclic) bond motifs is 3. The van der Waals surface area contributed by atoms with Gasteiger partial charge in [-0.25, -0.2) is 8.78 Å². The molecule has 2 saturated heterocycles. The Morgan fingerprint density at radius 1 is 1.18 bits per heavy atom. The first-order valence-corrected chi connectivity index (χ1v) is 9.38. The van der Waals surface area contributed by atoms with Gasteiger partial charge in [0, 0.05) is 29.3 Å². The first-order valence-electron chi connectivity index (χ1n) is 7.92. The number of hydrogen-bond acceptors (Lipinski definition) is 4. The topological polar surface area (TPSA) is 24.1 Å². The largest absolute Gasteiger partial charge is 0.307 e. The molecule has 4 rings (SSSR count). The van der Waals surface area contributed by atoms with E-state index >= 15 is 0 Å². The van der Waals surface area contributed by atoms with E-state index in [0.29, 0.717) is 17.7 Å². The maximum Gasteiger partial charge on any atom is 0.130 e. The second-order valence-electron chi connectivity index (χ2n) is 6.47. The van der Waals surface area contributed by atoms with Crippen molar-refractivity contribution in [3.8, 4) is 0 Å². The number of nitrogens with one attached hydrogen (secondary N) is 2. The Kier molecular flexibility index (Phi) is 4.13. The monoisotopic (exact) mass is 342 g/mol. The van der Waals surface area contributed by atoms with Gasteiger partial charge < -0.3 is 5.32 Å². The van der Waals surface area contributed by atoms with Crippen LogP contribution in [0.4, 0.5) is 8.78 Å². The van der Waals surface area contributed by atoms with Gasteiger partial charge in [0.25, 0.3) is 0 Å². The fourth-order valence-electron chi connectivity index (χ4n) is 4.37. The zero-order chi connectivity index (χ0) is 15.3. The third-order valence-corrected chi connectivity index (χ3v) is 7.26. The highest BCUT2D eigenvalue weighted by Gasteiger charge is 2.51. The molecule has 1 aromatic carbocycles. The van der Waals surface area contributed by atoms with E-state index in [2.05, 4.69) is 23.3 Å². The van der Waals surface area contributed by atoms with E-state index in [0.717, 1.165) is 6.42 Å². The minimum Gasteiger partial charge on any atom is -0.307 e. The summed E-state index contributed by atoms with van der Waals surface area (Å²) in [5.74, 6) is -0.153. The van der Waals surface area contributed by atoms with Gasteiger partial charge in [-0.05, 0) is 30.9 Å². The molecule has 1 aromatic rings. The van der Waals surface area contributed by atoms with Gasteiger partial charge in [0.05, 0.1) is 10.7 Å². The van der Waals surface area contributed by atoms with Crippen molar-refractivity contribution in [1.82, 2.24) is 10.6 Å². The highest BCUT2D eigenvalue weighted by molar-refractivity contribution is 8.00. The molecular weight excluding hydrogens is 322 g/mol. The molecule has 2 N–H and O–H groups in total. The molecule has 2 aliphatic heterocycles. The molecule has 0 aromatic heterocycles. The number of thiol groups is 1. The quantitative estimate of drug-likeness (QED) is 0.683. The van der Waals surface area contributed by atoms with Crippen molar-refractivity contribution in [3.63, 3.8) is 0 Å². The molecule has 120 valence electrons. The van der Waals surface area contributed by atoms with Gasteiger partial charge in [0.1, 0.15) is 11.6 Å². The molecule has 1 aliphatic carbocycles. The molecule has 2 heterocycles. The van der Waals surface area contributed by atoms with Gasteiger partial charge in [-0.3, -0.25) is 5.32 Å². The lowest BCUT2D eigenvalue weighted by atomic mass is 9.81. The average Bonchev–Trinajstić information content (AvgIpc) is 2.99. The fourth-order valence-corrected chi connectivity index (χ4v) is 6.71. The molecule has 6 heteroatoms. The SMILES string of the molecule is Fc1cccc(F)c1C1NCC(S)NC2SC3CCCC3C21. The summed E-state index contributed by atoms with van der Waals surface area (Å²) >= 11 is 6.50. The fraction of sp³-hybridized carbons (Fsp3) is 0.625. The van der Waals surface area contributed by atoms with Crippen LogP contribution in [-0.4, -0.2) is 22.5 Å². The molecule has 1 saturated carbocycles. The van der Waals surface area contributed by atoms with E-state index < -0.39 is 11.6 Å². The van der Waals surface area contributed by atoms with Crippen molar-refractivity contribution < 1.29 is 8.78 Å². The molecule has 3 fully saturated rings. The number of hydrogen-bond donors (Lipinski definition) is 3. The third kappa shape index (κ3) is 2.48. The molecule has 0 spiro atoms. The summed E-state index contributed by atoms with van der Waals surface area (Å²) in [5.41, 5.74) is 0.204. The summed E-state index contributed by atoms with van der Waals surface area (Å²) in [6.07, 6.45) is 3.60. The number of benzene rings is 1. The van der Waals surface area contributed by atoms with Crippen LogP contribution in [0.25, 0.3) is 0 Å². The molecular formula is C16H20F2N2S2. The Hall–Kier alpha value is -0.300. The number of halogens is 2. The zero-order valence-electron chi connectivity index (χ0n) is 12.1. The van der Waals surface area contributed by atoms with Crippen LogP contribution in [0.5, 0.6) is 0 Å². The van der Waals surface area contributed by atoms with Gasteiger partial charge in [-0.1, -0.05) is 12.5 Å². The Balaban J connectivity index is 1.75. The highest BCUT2D eigenvalue weighted by atomic mass is 32.2. The van der Waals surface area contributed by atoms with Crippen LogP contribution in [0.15, 0.2) is 18.2 Å². The number of thioether (sulfide) groups is 1. The predicted octanol–water partition coefficient (Wildman–Crippen LogP) is 3.31. The third-order valence-electron chi connectivity index (χ3n) is 5.25. The van der Waals surface area contributed by atoms with Crippen LogP contribution in [0.3, 0.4) is 0 Å². The second kappa shape index (κ2) is 5.96. The Morgan fingerprint density at radius 2 is 1.95 bits per heavy atom. The normalized spacial score (nSPS) is 41.0. The summed E-state index contributed by atoms with van der Waals surface area (Å²) in [7, 11) is 0. The predicted molar refractivity (Wildman–Crippen MR) is 89.0 cm³/mol. The smallest absolute Gasteiger partial charge is 0.130 e. The van der Waals surface area contributed by atoms with Crippen molar-refractivity contribution in [2.24, 2.45) is 11.8 Å². The Bertz CT molecular complexity index is 551. The van der Waals surface area contributed by atoms with Crippen LogP contribution < -0.4 is 10.6 Å². The maximum atomic E-state index is 14.3. The Labute approximate surface area is 139 Å². The molecule has 0 radical (unpaired) electrons. The minimum atomic E-state index is -0.444. The average molecular weight is 342 g/mol. The summed E-state index contributed by atoms with van der Waals surface area (Å²) in [6, 6.07) is 3.88. The molecule has 6 atom stereocenters.